The average molecular weight is 471 g/mol. The first-order chi connectivity index (χ1) is 15.3. The van der Waals surface area contributed by atoms with Gasteiger partial charge >= 0.3 is 0 Å². The summed E-state index contributed by atoms with van der Waals surface area (Å²) in [4.78, 5) is 32.5. The molecule has 8 unspecified atom stereocenters. The van der Waals surface area contributed by atoms with Gasteiger partial charge in [-0.2, -0.15) is 0 Å². The molecule has 0 aliphatic heterocycles. The quantitative estimate of drug-likeness (QED) is 0.655. The number of ether oxygens (including phenoxy) is 1. The number of Topliss-reactive ketones (excluding diaryl/α,β-unsaturated/α-hetero) is 2. The van der Waals surface area contributed by atoms with E-state index in [4.69, 9.17) is 4.74 Å². The molecule has 1 N–H and O–H groups in total. The first-order valence-corrected chi connectivity index (χ1v) is 13.3. The molecular weight excluding hydrogens is 440 g/mol. The van der Waals surface area contributed by atoms with Gasteiger partial charge in [-0.3, -0.25) is 9.59 Å². The van der Waals surface area contributed by atoms with Gasteiger partial charge in [-0.05, 0) is 69.4 Å². The molecule has 0 radical (unpaired) electrons. The Hall–Kier alpha value is -1.34. The number of thiophene rings is 2. The lowest BCUT2D eigenvalue weighted by atomic mass is 9.53. The summed E-state index contributed by atoms with van der Waals surface area (Å²) in [6.07, 6.45) is 1.61. The van der Waals surface area contributed by atoms with Gasteiger partial charge in [0.1, 0.15) is 0 Å². The molecule has 2 fully saturated rings. The number of hydrogen-bond donors (Lipinski definition) is 1. The number of aryl methyl sites for hydroxylation is 2. The number of fused-ring (bicyclic) bond motifs is 9. The molecule has 0 saturated heterocycles. The molecule has 170 valence electrons. The summed E-state index contributed by atoms with van der Waals surface area (Å²) in [5.74, 6) is 0.750. The Labute approximate surface area is 197 Å². The number of carbonyl (C=O) groups excluding carboxylic acids is 2. The molecule has 8 atom stereocenters. The standard InChI is InChI=1S/C26H30O4S2/c1-9-11(3)31-25-17(9)23(28)20-15-7-16(30-5)22-21(14(15)6-13(8-27)19(20)25)24(29)18-10(2)12(4)32-26(18)22/h13-16,19-22,27H,6-8H2,1-5H3. The van der Waals surface area contributed by atoms with Gasteiger partial charge in [0.2, 0.25) is 0 Å². The lowest BCUT2D eigenvalue weighted by Crippen LogP contribution is -2.51. The Bertz CT molecular complexity index is 1070. The molecule has 6 heteroatoms. The second kappa shape index (κ2) is 7.08. The molecule has 4 aliphatic rings. The van der Waals surface area contributed by atoms with Crippen LogP contribution in [-0.2, 0) is 4.74 Å². The van der Waals surface area contributed by atoms with E-state index in [9.17, 15) is 14.7 Å². The largest absolute Gasteiger partial charge is 0.396 e. The molecule has 2 saturated carbocycles. The number of carbonyl (C=O) groups is 2. The molecule has 2 aromatic heterocycles. The van der Waals surface area contributed by atoms with Crippen LogP contribution in [0.1, 0.15) is 76.0 Å². The van der Waals surface area contributed by atoms with Gasteiger partial charge in [-0.15, -0.1) is 22.7 Å². The third-order valence-corrected chi connectivity index (χ3v) is 11.9. The normalized spacial score (nSPS) is 37.2. The average Bonchev–Trinajstić information content (AvgIpc) is 3.43. The van der Waals surface area contributed by atoms with Gasteiger partial charge in [0.05, 0.1) is 6.10 Å². The Kier molecular flexibility index (Phi) is 4.69. The minimum absolute atomic E-state index is 0.0375. The van der Waals surface area contributed by atoms with Crippen molar-refractivity contribution < 1.29 is 19.4 Å². The second-order valence-electron chi connectivity index (χ2n) is 10.4. The highest BCUT2D eigenvalue weighted by atomic mass is 32.1. The van der Waals surface area contributed by atoms with E-state index in [-0.39, 0.29) is 65.7 Å². The minimum atomic E-state index is -0.126. The number of methoxy groups -OCH3 is 1. The van der Waals surface area contributed by atoms with E-state index in [0.29, 0.717) is 0 Å². The summed E-state index contributed by atoms with van der Waals surface area (Å²) < 4.78 is 6.04. The topological polar surface area (TPSA) is 63.6 Å². The summed E-state index contributed by atoms with van der Waals surface area (Å²) in [5.41, 5.74) is 4.07. The van der Waals surface area contributed by atoms with Crippen LogP contribution in [0, 0.1) is 57.3 Å². The van der Waals surface area contributed by atoms with Crippen molar-refractivity contribution in [1.29, 1.82) is 0 Å². The molecule has 2 aromatic rings. The molecule has 0 amide bonds. The van der Waals surface area contributed by atoms with Crippen LogP contribution in [0.15, 0.2) is 0 Å². The Balaban J connectivity index is 1.47. The van der Waals surface area contributed by atoms with Crippen LogP contribution in [0.25, 0.3) is 0 Å². The molecule has 4 nitrogen and oxygen atoms in total. The highest BCUT2D eigenvalue weighted by Crippen LogP contribution is 2.65. The SMILES string of the molecule is COC1CC2C(CC(CO)C3c4sc(C)c(C)c4C(=O)C23)C2C(=O)c3c(sc(C)c3C)C12. The molecule has 32 heavy (non-hydrogen) atoms. The fourth-order valence-corrected chi connectivity index (χ4v) is 10.5. The van der Waals surface area contributed by atoms with Crippen molar-refractivity contribution in [3.05, 3.63) is 41.8 Å². The predicted molar refractivity (Wildman–Crippen MR) is 126 cm³/mol. The smallest absolute Gasteiger partial charge is 0.168 e. The minimum Gasteiger partial charge on any atom is -0.396 e. The van der Waals surface area contributed by atoms with Crippen molar-refractivity contribution in [1.82, 2.24) is 0 Å². The van der Waals surface area contributed by atoms with Crippen LogP contribution >= 0.6 is 22.7 Å². The predicted octanol–water partition coefficient (Wildman–Crippen LogP) is 5.20. The fraction of sp³-hybridized carbons (Fsp3) is 0.615. The van der Waals surface area contributed by atoms with Crippen molar-refractivity contribution in [2.45, 2.75) is 58.5 Å². The highest BCUT2D eigenvalue weighted by Gasteiger charge is 2.63. The lowest BCUT2D eigenvalue weighted by molar-refractivity contribution is -0.0582. The van der Waals surface area contributed by atoms with Gasteiger partial charge in [0.15, 0.2) is 11.6 Å². The van der Waals surface area contributed by atoms with Crippen LogP contribution in [0.2, 0.25) is 0 Å². The van der Waals surface area contributed by atoms with Crippen molar-refractivity contribution in [2.75, 3.05) is 13.7 Å². The van der Waals surface area contributed by atoms with Gasteiger partial charge < -0.3 is 9.84 Å². The third-order valence-electron chi connectivity index (χ3n) is 9.30. The second-order valence-corrected chi connectivity index (χ2v) is 12.9. The van der Waals surface area contributed by atoms with E-state index >= 15 is 0 Å². The van der Waals surface area contributed by atoms with Crippen LogP contribution < -0.4 is 0 Å². The van der Waals surface area contributed by atoms with Crippen LogP contribution in [0.4, 0.5) is 0 Å². The molecule has 2 heterocycles. The monoisotopic (exact) mass is 470 g/mol. The lowest BCUT2D eigenvalue weighted by Gasteiger charge is -2.51. The maximum absolute atomic E-state index is 13.8. The molecule has 6 rings (SSSR count). The molecular formula is C26H30O4S2. The van der Waals surface area contributed by atoms with E-state index in [1.165, 1.54) is 19.5 Å². The Morgan fingerprint density at radius 2 is 1.31 bits per heavy atom. The van der Waals surface area contributed by atoms with Crippen LogP contribution in [0.3, 0.4) is 0 Å². The third kappa shape index (κ3) is 2.45. The summed E-state index contributed by atoms with van der Waals surface area (Å²) in [5, 5.41) is 10.4. The Morgan fingerprint density at radius 3 is 1.84 bits per heavy atom. The summed E-state index contributed by atoms with van der Waals surface area (Å²) >= 11 is 3.50. The van der Waals surface area contributed by atoms with Gasteiger partial charge in [-0.1, -0.05) is 0 Å². The maximum Gasteiger partial charge on any atom is 0.168 e. The molecule has 0 bridgehead atoms. The van der Waals surface area contributed by atoms with Crippen molar-refractivity contribution in [3.8, 4) is 0 Å². The highest BCUT2D eigenvalue weighted by molar-refractivity contribution is 7.13. The number of aliphatic hydroxyl groups is 1. The van der Waals surface area contributed by atoms with Crippen LogP contribution in [-0.4, -0.2) is 36.5 Å². The van der Waals surface area contributed by atoms with E-state index < -0.39 is 0 Å². The zero-order chi connectivity index (χ0) is 22.6. The molecule has 4 aliphatic carbocycles. The zero-order valence-corrected chi connectivity index (χ0v) is 20.9. The van der Waals surface area contributed by atoms with Crippen LogP contribution in [0.5, 0.6) is 0 Å². The summed E-state index contributed by atoms with van der Waals surface area (Å²) in [6.45, 7) is 8.39. The van der Waals surface area contributed by atoms with Crippen molar-refractivity contribution in [3.63, 3.8) is 0 Å². The summed E-state index contributed by atoms with van der Waals surface area (Å²) in [6, 6.07) is 0. The van der Waals surface area contributed by atoms with Gasteiger partial charge in [-0.25, -0.2) is 0 Å². The first kappa shape index (κ1) is 21.2. The number of ketones is 2. The first-order valence-electron chi connectivity index (χ1n) is 11.7. The maximum atomic E-state index is 13.8. The summed E-state index contributed by atoms with van der Waals surface area (Å²) in [7, 11) is 1.76. The zero-order valence-electron chi connectivity index (χ0n) is 19.2. The molecule has 0 aromatic carbocycles. The van der Waals surface area contributed by atoms with E-state index in [1.54, 1.807) is 29.8 Å². The number of hydrogen-bond acceptors (Lipinski definition) is 6. The van der Waals surface area contributed by atoms with E-state index in [2.05, 4.69) is 27.7 Å². The van der Waals surface area contributed by atoms with Gasteiger partial charge in [0.25, 0.3) is 0 Å². The Morgan fingerprint density at radius 1 is 0.812 bits per heavy atom. The van der Waals surface area contributed by atoms with E-state index in [1.807, 2.05) is 0 Å². The number of aliphatic hydroxyl groups excluding tert-OH is 1. The number of rotatable bonds is 2. The van der Waals surface area contributed by atoms with Gasteiger partial charge in [0, 0.05) is 68.0 Å². The fourth-order valence-electron chi connectivity index (χ4n) is 7.72. The van der Waals surface area contributed by atoms with Crippen molar-refractivity contribution >= 4 is 34.2 Å². The van der Waals surface area contributed by atoms with Crippen molar-refractivity contribution in [2.24, 2.45) is 29.6 Å². The van der Waals surface area contributed by atoms with E-state index in [0.717, 1.165) is 35.1 Å². The molecule has 0 spiro atoms.